The van der Waals surface area contributed by atoms with Crippen molar-refractivity contribution in [1.82, 2.24) is 0 Å². The van der Waals surface area contributed by atoms with Gasteiger partial charge >= 0.3 is 0 Å². The summed E-state index contributed by atoms with van der Waals surface area (Å²) in [5.41, 5.74) is 2.05. The molecule has 0 aromatic heterocycles. The first-order chi connectivity index (χ1) is 6.65. The second-order valence-corrected chi connectivity index (χ2v) is 3.50. The fourth-order valence-corrected chi connectivity index (χ4v) is 1.58. The molecule has 74 valence electrons. The molecule has 0 aliphatic rings. The van der Waals surface area contributed by atoms with E-state index in [-0.39, 0.29) is 10.6 Å². The maximum absolute atomic E-state index is 10.5. The third-order valence-corrected chi connectivity index (χ3v) is 2.22. The van der Waals surface area contributed by atoms with Crippen LogP contribution in [0.2, 0.25) is 0 Å². The lowest BCUT2D eigenvalue weighted by atomic mass is 10.1. The highest BCUT2D eigenvalue weighted by molar-refractivity contribution is 9.09. The van der Waals surface area contributed by atoms with Crippen LogP contribution < -0.4 is 0 Å². The Morgan fingerprint density at radius 2 is 2.36 bits per heavy atom. The molecule has 0 spiro atoms. The number of halogens is 1. The van der Waals surface area contributed by atoms with Crippen LogP contribution in [0.1, 0.15) is 12.5 Å². The van der Waals surface area contributed by atoms with Crippen molar-refractivity contribution < 1.29 is 4.92 Å². The predicted octanol–water partition coefficient (Wildman–Crippen LogP) is 3.39. The first-order valence-corrected chi connectivity index (χ1v) is 5.25. The van der Waals surface area contributed by atoms with Gasteiger partial charge in [0.2, 0.25) is 0 Å². The Kier molecular flexibility index (Phi) is 3.83. The van der Waals surface area contributed by atoms with E-state index in [9.17, 15) is 10.1 Å². The van der Waals surface area contributed by atoms with E-state index in [1.807, 2.05) is 19.1 Å². The van der Waals surface area contributed by atoms with Gasteiger partial charge in [-0.25, -0.2) is 0 Å². The van der Waals surface area contributed by atoms with Crippen LogP contribution in [-0.2, 0) is 0 Å². The van der Waals surface area contributed by atoms with E-state index in [1.54, 1.807) is 12.1 Å². The molecule has 0 aliphatic heterocycles. The molecule has 1 aromatic rings. The molecular weight excluding hydrogens is 246 g/mol. The first-order valence-electron chi connectivity index (χ1n) is 4.12. The number of nitro benzene ring substituents is 1. The van der Waals surface area contributed by atoms with Crippen LogP contribution in [0.3, 0.4) is 0 Å². The van der Waals surface area contributed by atoms with Gasteiger partial charge in [0.1, 0.15) is 0 Å². The molecule has 4 heteroatoms. The van der Waals surface area contributed by atoms with E-state index in [2.05, 4.69) is 15.9 Å². The maximum atomic E-state index is 10.5. The van der Waals surface area contributed by atoms with Crippen LogP contribution in [0.4, 0.5) is 5.69 Å². The molecule has 0 aliphatic carbocycles. The first kappa shape index (κ1) is 10.9. The summed E-state index contributed by atoms with van der Waals surface area (Å²) in [6.07, 6.45) is 1.97. The average molecular weight is 256 g/mol. The van der Waals surface area contributed by atoms with Gasteiger partial charge in [-0.1, -0.05) is 34.1 Å². The quantitative estimate of drug-likeness (QED) is 0.472. The number of allylic oxidation sites excluding steroid dienone is 2. The average Bonchev–Trinajstić information content (AvgIpc) is 2.18. The topological polar surface area (TPSA) is 43.1 Å². The van der Waals surface area contributed by atoms with Crippen LogP contribution in [-0.4, -0.2) is 10.3 Å². The number of benzene rings is 1. The zero-order chi connectivity index (χ0) is 10.6. The monoisotopic (exact) mass is 255 g/mol. The number of nitrogens with zero attached hydrogens (tertiary/aromatic N) is 1. The van der Waals surface area contributed by atoms with Gasteiger partial charge in [-0.05, 0) is 18.1 Å². The molecule has 1 rings (SSSR count). The van der Waals surface area contributed by atoms with Crippen molar-refractivity contribution in [3.63, 3.8) is 0 Å². The fraction of sp³-hybridized carbons (Fsp3) is 0.200. The Bertz CT molecular complexity index is 374. The molecule has 1 aromatic carbocycles. The van der Waals surface area contributed by atoms with Crippen LogP contribution in [0.15, 0.2) is 30.3 Å². The van der Waals surface area contributed by atoms with Crippen LogP contribution in [0.25, 0.3) is 5.57 Å². The van der Waals surface area contributed by atoms with Gasteiger partial charge in [0, 0.05) is 17.5 Å². The number of alkyl halides is 1. The molecule has 14 heavy (non-hydrogen) atoms. The summed E-state index contributed by atoms with van der Waals surface area (Å²) < 4.78 is 0. The second kappa shape index (κ2) is 4.91. The predicted molar refractivity (Wildman–Crippen MR) is 60.5 cm³/mol. The number of hydrogen-bond acceptors (Lipinski definition) is 2. The zero-order valence-electron chi connectivity index (χ0n) is 7.74. The minimum absolute atomic E-state index is 0.129. The van der Waals surface area contributed by atoms with Crippen molar-refractivity contribution >= 4 is 27.2 Å². The lowest BCUT2D eigenvalue weighted by Crippen LogP contribution is -1.89. The maximum Gasteiger partial charge on any atom is 0.270 e. The van der Waals surface area contributed by atoms with Gasteiger partial charge in [-0.3, -0.25) is 10.1 Å². The normalized spacial score (nSPS) is 11.4. The summed E-state index contributed by atoms with van der Waals surface area (Å²) in [6, 6.07) is 6.62. The molecule has 0 heterocycles. The van der Waals surface area contributed by atoms with Crippen molar-refractivity contribution in [2.45, 2.75) is 6.92 Å². The highest BCUT2D eigenvalue weighted by atomic mass is 79.9. The van der Waals surface area contributed by atoms with Crippen LogP contribution in [0.5, 0.6) is 0 Å². The molecule has 0 atom stereocenters. The van der Waals surface area contributed by atoms with E-state index >= 15 is 0 Å². The van der Waals surface area contributed by atoms with Crippen molar-refractivity contribution in [2.75, 3.05) is 5.33 Å². The number of nitro groups is 1. The van der Waals surface area contributed by atoms with Crippen LogP contribution >= 0.6 is 15.9 Å². The molecule has 0 bridgehead atoms. The van der Waals surface area contributed by atoms with Gasteiger partial charge in [0.25, 0.3) is 5.69 Å². The zero-order valence-corrected chi connectivity index (χ0v) is 9.32. The van der Waals surface area contributed by atoms with Gasteiger partial charge in [-0.2, -0.15) is 0 Å². The summed E-state index contributed by atoms with van der Waals surface area (Å²) in [4.78, 5) is 10.1. The van der Waals surface area contributed by atoms with Crippen LogP contribution in [0, 0.1) is 10.1 Å². The Morgan fingerprint density at radius 1 is 1.64 bits per heavy atom. The standard InChI is InChI=1S/C10H10BrNO2/c1-8(5-6-11)9-3-2-4-10(7-9)12(13)14/h2-5,7H,6H2,1H3/b8-5-. The molecule has 0 saturated carbocycles. The Morgan fingerprint density at radius 3 is 2.93 bits per heavy atom. The molecule has 0 amide bonds. The molecule has 0 unspecified atom stereocenters. The highest BCUT2D eigenvalue weighted by Crippen LogP contribution is 2.19. The molecular formula is C10H10BrNO2. The molecule has 3 nitrogen and oxygen atoms in total. The lowest BCUT2D eigenvalue weighted by Gasteiger charge is -2.00. The summed E-state index contributed by atoms with van der Waals surface area (Å²) in [7, 11) is 0. The number of hydrogen-bond donors (Lipinski definition) is 0. The SMILES string of the molecule is C/C(=C/CBr)c1cccc([N+](=O)[O-])c1. The summed E-state index contributed by atoms with van der Waals surface area (Å²) >= 11 is 3.28. The summed E-state index contributed by atoms with van der Waals surface area (Å²) in [5.74, 6) is 0. The van der Waals surface area contributed by atoms with Gasteiger partial charge in [0.15, 0.2) is 0 Å². The minimum Gasteiger partial charge on any atom is -0.258 e. The van der Waals surface area contributed by atoms with E-state index in [0.717, 1.165) is 16.5 Å². The van der Waals surface area contributed by atoms with E-state index in [0.29, 0.717) is 0 Å². The van der Waals surface area contributed by atoms with E-state index in [1.165, 1.54) is 6.07 Å². The smallest absolute Gasteiger partial charge is 0.258 e. The minimum atomic E-state index is -0.384. The Hall–Kier alpha value is -1.16. The Balaban J connectivity index is 3.05. The molecule has 0 N–H and O–H groups in total. The summed E-state index contributed by atoms with van der Waals surface area (Å²) in [5, 5.41) is 11.3. The summed E-state index contributed by atoms with van der Waals surface area (Å²) in [6.45, 7) is 1.93. The van der Waals surface area contributed by atoms with Gasteiger partial charge in [-0.15, -0.1) is 0 Å². The van der Waals surface area contributed by atoms with E-state index < -0.39 is 0 Å². The highest BCUT2D eigenvalue weighted by Gasteiger charge is 2.05. The van der Waals surface area contributed by atoms with E-state index in [4.69, 9.17) is 0 Å². The van der Waals surface area contributed by atoms with Crippen molar-refractivity contribution in [3.8, 4) is 0 Å². The van der Waals surface area contributed by atoms with Gasteiger partial charge in [0.05, 0.1) is 4.92 Å². The third kappa shape index (κ3) is 2.67. The molecule has 0 saturated heterocycles. The number of non-ortho nitro benzene ring substituents is 1. The fourth-order valence-electron chi connectivity index (χ4n) is 1.10. The van der Waals surface area contributed by atoms with Crippen molar-refractivity contribution in [1.29, 1.82) is 0 Å². The Labute approximate surface area is 90.7 Å². The van der Waals surface area contributed by atoms with Crippen molar-refractivity contribution in [2.24, 2.45) is 0 Å². The molecule has 0 fully saturated rings. The second-order valence-electron chi connectivity index (χ2n) is 2.85. The third-order valence-electron chi connectivity index (χ3n) is 1.90. The molecule has 0 radical (unpaired) electrons. The lowest BCUT2D eigenvalue weighted by molar-refractivity contribution is -0.384. The van der Waals surface area contributed by atoms with Crippen molar-refractivity contribution in [3.05, 3.63) is 46.0 Å². The largest absolute Gasteiger partial charge is 0.270 e. The number of rotatable bonds is 3. The van der Waals surface area contributed by atoms with Gasteiger partial charge < -0.3 is 0 Å².